The van der Waals surface area contributed by atoms with Gasteiger partial charge in [0.25, 0.3) is 5.22 Å². The number of aryl methyl sites for hydroxylation is 1. The molecule has 2 aromatic carbocycles. The number of hydrogen-bond donors (Lipinski definition) is 0. The summed E-state index contributed by atoms with van der Waals surface area (Å²) in [5, 5.41) is 8.69. The van der Waals surface area contributed by atoms with Gasteiger partial charge in [0.15, 0.2) is 0 Å². The quantitative estimate of drug-likeness (QED) is 0.632. The van der Waals surface area contributed by atoms with Gasteiger partial charge in [-0.05, 0) is 24.1 Å². The number of benzene rings is 2. The van der Waals surface area contributed by atoms with Crippen LogP contribution in [0.15, 0.2) is 64.2 Å². The lowest BCUT2D eigenvalue weighted by Gasteiger charge is -1.99. The van der Waals surface area contributed by atoms with Gasteiger partial charge in [-0.1, -0.05) is 71.9 Å². The van der Waals surface area contributed by atoms with Crippen LogP contribution >= 0.6 is 11.8 Å². The molecule has 0 amide bonds. The molecule has 0 fully saturated rings. The van der Waals surface area contributed by atoms with E-state index in [-0.39, 0.29) is 0 Å². The van der Waals surface area contributed by atoms with Gasteiger partial charge in [0.2, 0.25) is 5.89 Å². The third kappa shape index (κ3) is 4.09. The van der Waals surface area contributed by atoms with E-state index < -0.39 is 0 Å². The van der Waals surface area contributed by atoms with Crippen molar-refractivity contribution in [3.8, 4) is 0 Å². The molecule has 0 unspecified atom stereocenters. The van der Waals surface area contributed by atoms with Gasteiger partial charge in [0.05, 0.1) is 0 Å². The SMILES string of the molecule is Cc1cccc(CSc2nnc(/C=C/c3ccccc3)o2)c1. The van der Waals surface area contributed by atoms with Gasteiger partial charge >= 0.3 is 0 Å². The summed E-state index contributed by atoms with van der Waals surface area (Å²) in [6.07, 6.45) is 3.79. The Morgan fingerprint density at radius 3 is 2.68 bits per heavy atom. The molecule has 0 aliphatic carbocycles. The van der Waals surface area contributed by atoms with Crippen LogP contribution in [0.1, 0.15) is 22.6 Å². The maximum Gasteiger partial charge on any atom is 0.277 e. The van der Waals surface area contributed by atoms with Crippen molar-refractivity contribution in [1.29, 1.82) is 0 Å². The summed E-state index contributed by atoms with van der Waals surface area (Å²) in [6.45, 7) is 2.09. The van der Waals surface area contributed by atoms with Crippen LogP contribution in [0.2, 0.25) is 0 Å². The van der Waals surface area contributed by atoms with Gasteiger partial charge < -0.3 is 4.42 Å². The van der Waals surface area contributed by atoms with Crippen LogP contribution in [0.5, 0.6) is 0 Å². The topological polar surface area (TPSA) is 38.9 Å². The smallest absolute Gasteiger partial charge is 0.277 e. The molecular weight excluding hydrogens is 292 g/mol. The molecule has 1 aromatic heterocycles. The molecule has 0 aliphatic rings. The molecule has 0 saturated carbocycles. The van der Waals surface area contributed by atoms with Crippen molar-refractivity contribution in [1.82, 2.24) is 10.2 Å². The van der Waals surface area contributed by atoms with Crippen molar-refractivity contribution in [2.24, 2.45) is 0 Å². The summed E-state index contributed by atoms with van der Waals surface area (Å²) in [7, 11) is 0. The third-order valence-electron chi connectivity index (χ3n) is 3.08. The molecule has 3 rings (SSSR count). The van der Waals surface area contributed by atoms with Crippen LogP contribution in [-0.4, -0.2) is 10.2 Å². The molecule has 0 aliphatic heterocycles. The average molecular weight is 308 g/mol. The van der Waals surface area contributed by atoms with Crippen LogP contribution < -0.4 is 0 Å². The second kappa shape index (κ2) is 7.09. The Morgan fingerprint density at radius 2 is 1.86 bits per heavy atom. The highest BCUT2D eigenvalue weighted by Crippen LogP contribution is 2.22. The second-order valence-corrected chi connectivity index (χ2v) is 5.85. The normalized spacial score (nSPS) is 11.1. The Labute approximate surface area is 134 Å². The number of nitrogens with zero attached hydrogens (tertiary/aromatic N) is 2. The second-order valence-electron chi connectivity index (χ2n) is 4.93. The molecule has 0 saturated heterocycles. The Hall–Kier alpha value is -2.33. The van der Waals surface area contributed by atoms with Crippen LogP contribution in [0, 0.1) is 6.92 Å². The standard InChI is InChI=1S/C18H16N2OS/c1-14-6-5-9-16(12-14)13-22-18-20-19-17(21-18)11-10-15-7-3-2-4-8-15/h2-12H,13H2,1H3/b11-10+. The highest BCUT2D eigenvalue weighted by molar-refractivity contribution is 7.98. The van der Waals surface area contributed by atoms with Crippen LogP contribution in [0.4, 0.5) is 0 Å². The maximum absolute atomic E-state index is 5.61. The number of thioether (sulfide) groups is 1. The molecule has 110 valence electrons. The largest absolute Gasteiger partial charge is 0.412 e. The lowest BCUT2D eigenvalue weighted by Crippen LogP contribution is -1.81. The van der Waals surface area contributed by atoms with Crippen molar-refractivity contribution in [3.63, 3.8) is 0 Å². The summed E-state index contributed by atoms with van der Waals surface area (Å²) >= 11 is 1.55. The highest BCUT2D eigenvalue weighted by Gasteiger charge is 2.04. The highest BCUT2D eigenvalue weighted by atomic mass is 32.2. The first-order chi connectivity index (χ1) is 10.8. The fraction of sp³-hybridized carbons (Fsp3) is 0.111. The first-order valence-corrected chi connectivity index (χ1v) is 8.03. The first-order valence-electron chi connectivity index (χ1n) is 7.04. The van der Waals surface area contributed by atoms with E-state index in [1.165, 1.54) is 11.1 Å². The van der Waals surface area contributed by atoms with Gasteiger partial charge in [-0.25, -0.2) is 0 Å². The Morgan fingerprint density at radius 1 is 1.00 bits per heavy atom. The van der Waals surface area contributed by atoms with E-state index in [0.29, 0.717) is 11.1 Å². The minimum absolute atomic E-state index is 0.524. The fourth-order valence-electron chi connectivity index (χ4n) is 2.02. The summed E-state index contributed by atoms with van der Waals surface area (Å²) in [6, 6.07) is 18.5. The van der Waals surface area contributed by atoms with Gasteiger partial charge in [0.1, 0.15) is 0 Å². The molecule has 3 aromatic rings. The number of hydrogen-bond acceptors (Lipinski definition) is 4. The number of aromatic nitrogens is 2. The van der Waals surface area contributed by atoms with Crippen molar-refractivity contribution in [2.45, 2.75) is 17.9 Å². The predicted molar refractivity (Wildman–Crippen MR) is 90.4 cm³/mol. The molecule has 0 radical (unpaired) electrons. The Bertz CT molecular complexity index is 766. The van der Waals surface area contributed by atoms with Crippen LogP contribution in [-0.2, 0) is 5.75 Å². The van der Waals surface area contributed by atoms with Gasteiger partial charge in [-0.3, -0.25) is 0 Å². The Kier molecular flexibility index (Phi) is 4.71. The first kappa shape index (κ1) is 14.6. The van der Waals surface area contributed by atoms with Gasteiger partial charge in [-0.2, -0.15) is 0 Å². The van der Waals surface area contributed by atoms with E-state index in [1.807, 2.05) is 42.5 Å². The van der Waals surface area contributed by atoms with Crippen LogP contribution in [0.3, 0.4) is 0 Å². The molecule has 4 heteroatoms. The molecule has 0 atom stereocenters. The lowest BCUT2D eigenvalue weighted by molar-refractivity contribution is 0.446. The molecule has 0 N–H and O–H groups in total. The van der Waals surface area contributed by atoms with Crippen molar-refractivity contribution in [2.75, 3.05) is 0 Å². The zero-order valence-electron chi connectivity index (χ0n) is 12.3. The van der Waals surface area contributed by atoms with Gasteiger partial charge in [0, 0.05) is 11.8 Å². The van der Waals surface area contributed by atoms with E-state index in [9.17, 15) is 0 Å². The van der Waals surface area contributed by atoms with Gasteiger partial charge in [-0.15, -0.1) is 10.2 Å². The molecular formula is C18H16N2OS. The zero-order valence-corrected chi connectivity index (χ0v) is 13.1. The summed E-state index contributed by atoms with van der Waals surface area (Å²) < 4.78 is 5.61. The lowest BCUT2D eigenvalue weighted by atomic mass is 10.2. The van der Waals surface area contributed by atoms with E-state index in [0.717, 1.165) is 11.3 Å². The molecule has 0 spiro atoms. The van der Waals surface area contributed by atoms with E-state index in [1.54, 1.807) is 11.8 Å². The third-order valence-corrected chi connectivity index (χ3v) is 3.97. The molecule has 1 heterocycles. The summed E-state index contributed by atoms with van der Waals surface area (Å²) in [5.74, 6) is 1.35. The maximum atomic E-state index is 5.61. The molecule has 0 bridgehead atoms. The number of rotatable bonds is 5. The van der Waals surface area contributed by atoms with E-state index >= 15 is 0 Å². The zero-order chi connectivity index (χ0) is 15.2. The van der Waals surface area contributed by atoms with E-state index in [2.05, 4.69) is 41.4 Å². The molecule has 3 nitrogen and oxygen atoms in total. The minimum Gasteiger partial charge on any atom is -0.412 e. The Balaban J connectivity index is 1.60. The van der Waals surface area contributed by atoms with Crippen LogP contribution in [0.25, 0.3) is 12.2 Å². The summed E-state index contributed by atoms with van der Waals surface area (Å²) in [5.41, 5.74) is 3.62. The fourth-order valence-corrected chi connectivity index (χ4v) is 2.74. The predicted octanol–water partition coefficient (Wildman–Crippen LogP) is 4.84. The average Bonchev–Trinajstić information content (AvgIpc) is 3.00. The van der Waals surface area contributed by atoms with E-state index in [4.69, 9.17) is 4.42 Å². The minimum atomic E-state index is 0.524. The summed E-state index contributed by atoms with van der Waals surface area (Å²) in [4.78, 5) is 0. The monoisotopic (exact) mass is 308 g/mol. The van der Waals surface area contributed by atoms with Crippen molar-refractivity contribution < 1.29 is 4.42 Å². The van der Waals surface area contributed by atoms with Crippen molar-refractivity contribution >= 4 is 23.9 Å². The molecule has 22 heavy (non-hydrogen) atoms. The van der Waals surface area contributed by atoms with Crippen molar-refractivity contribution in [3.05, 3.63) is 77.2 Å².